The SMILES string of the molecule is CC(NC(=O)c1cccs1)C(=O)NCC(C)(C)C(=O)O. The monoisotopic (exact) mass is 298 g/mol. The lowest BCUT2D eigenvalue weighted by Crippen LogP contribution is -2.48. The average molecular weight is 298 g/mol. The number of carbonyl (C=O) groups excluding carboxylic acids is 2. The quantitative estimate of drug-likeness (QED) is 0.732. The van der Waals surface area contributed by atoms with Crippen molar-refractivity contribution < 1.29 is 19.5 Å². The molecule has 1 rings (SSSR count). The summed E-state index contributed by atoms with van der Waals surface area (Å²) >= 11 is 1.28. The van der Waals surface area contributed by atoms with Crippen LogP contribution in [0.15, 0.2) is 17.5 Å². The minimum atomic E-state index is -1.05. The van der Waals surface area contributed by atoms with Gasteiger partial charge in [-0.2, -0.15) is 0 Å². The van der Waals surface area contributed by atoms with Crippen LogP contribution in [0, 0.1) is 5.41 Å². The highest BCUT2D eigenvalue weighted by Crippen LogP contribution is 2.13. The van der Waals surface area contributed by atoms with Crippen molar-refractivity contribution in [2.24, 2.45) is 5.41 Å². The molecule has 0 aliphatic heterocycles. The molecular formula is C13H18N2O4S. The smallest absolute Gasteiger partial charge is 0.310 e. The third-order valence-electron chi connectivity index (χ3n) is 2.77. The van der Waals surface area contributed by atoms with Gasteiger partial charge in [0.25, 0.3) is 5.91 Å². The van der Waals surface area contributed by atoms with Gasteiger partial charge in [-0.1, -0.05) is 6.07 Å². The van der Waals surface area contributed by atoms with E-state index >= 15 is 0 Å². The lowest BCUT2D eigenvalue weighted by Gasteiger charge is -2.21. The summed E-state index contributed by atoms with van der Waals surface area (Å²) in [5, 5.41) is 15.8. The summed E-state index contributed by atoms with van der Waals surface area (Å²) in [4.78, 5) is 35.0. The molecule has 1 unspecified atom stereocenters. The van der Waals surface area contributed by atoms with Crippen molar-refractivity contribution >= 4 is 29.1 Å². The van der Waals surface area contributed by atoms with E-state index in [0.717, 1.165) is 0 Å². The molecule has 3 N–H and O–H groups in total. The zero-order valence-electron chi connectivity index (χ0n) is 11.6. The predicted octanol–water partition coefficient (Wildman–Crippen LogP) is 1.09. The van der Waals surface area contributed by atoms with Crippen LogP contribution in [0.4, 0.5) is 0 Å². The number of thiophene rings is 1. The third-order valence-corrected chi connectivity index (χ3v) is 3.64. The zero-order valence-corrected chi connectivity index (χ0v) is 12.4. The Bertz CT molecular complexity index is 496. The minimum absolute atomic E-state index is 0.000376. The van der Waals surface area contributed by atoms with Crippen LogP contribution in [0.3, 0.4) is 0 Å². The number of nitrogens with one attached hydrogen (secondary N) is 2. The number of aliphatic carboxylic acids is 1. The maximum absolute atomic E-state index is 11.8. The van der Waals surface area contributed by atoms with Crippen LogP contribution in [0.2, 0.25) is 0 Å². The fourth-order valence-corrected chi connectivity index (χ4v) is 1.90. The van der Waals surface area contributed by atoms with E-state index in [9.17, 15) is 14.4 Å². The van der Waals surface area contributed by atoms with Gasteiger partial charge in [0.2, 0.25) is 5.91 Å². The topological polar surface area (TPSA) is 95.5 Å². The highest BCUT2D eigenvalue weighted by molar-refractivity contribution is 7.12. The molecule has 0 bridgehead atoms. The van der Waals surface area contributed by atoms with Gasteiger partial charge in [0, 0.05) is 6.54 Å². The molecule has 110 valence electrons. The largest absolute Gasteiger partial charge is 0.481 e. The van der Waals surface area contributed by atoms with Crippen LogP contribution in [-0.2, 0) is 9.59 Å². The summed E-state index contributed by atoms with van der Waals surface area (Å²) in [5.41, 5.74) is -1.05. The number of hydrogen-bond acceptors (Lipinski definition) is 4. The molecule has 0 radical (unpaired) electrons. The fourth-order valence-electron chi connectivity index (χ4n) is 1.28. The Morgan fingerprint density at radius 2 is 2.05 bits per heavy atom. The van der Waals surface area contributed by atoms with E-state index in [1.165, 1.54) is 25.2 Å². The van der Waals surface area contributed by atoms with E-state index in [0.29, 0.717) is 4.88 Å². The molecule has 7 heteroatoms. The van der Waals surface area contributed by atoms with Crippen molar-refractivity contribution in [2.45, 2.75) is 26.8 Å². The summed E-state index contributed by atoms with van der Waals surface area (Å²) in [5.74, 6) is -1.72. The fraction of sp³-hybridized carbons (Fsp3) is 0.462. The summed E-state index contributed by atoms with van der Waals surface area (Å²) in [6.07, 6.45) is 0. The maximum Gasteiger partial charge on any atom is 0.310 e. The Morgan fingerprint density at radius 3 is 2.55 bits per heavy atom. The Labute approximate surface area is 121 Å². The van der Waals surface area contributed by atoms with Crippen molar-refractivity contribution in [1.29, 1.82) is 0 Å². The number of carbonyl (C=O) groups is 3. The van der Waals surface area contributed by atoms with Crippen molar-refractivity contribution in [1.82, 2.24) is 10.6 Å². The number of rotatable bonds is 6. The average Bonchev–Trinajstić information content (AvgIpc) is 2.89. The Morgan fingerprint density at radius 1 is 1.40 bits per heavy atom. The van der Waals surface area contributed by atoms with E-state index in [1.807, 2.05) is 0 Å². The van der Waals surface area contributed by atoms with E-state index in [-0.39, 0.29) is 12.5 Å². The molecule has 1 aromatic rings. The van der Waals surface area contributed by atoms with Crippen LogP contribution in [0.25, 0.3) is 0 Å². The van der Waals surface area contributed by atoms with Crippen molar-refractivity contribution in [3.8, 4) is 0 Å². The number of amides is 2. The molecule has 0 aliphatic rings. The number of carboxylic acids is 1. The second kappa shape index (κ2) is 6.51. The number of hydrogen-bond donors (Lipinski definition) is 3. The van der Waals surface area contributed by atoms with E-state index in [4.69, 9.17) is 5.11 Å². The molecule has 0 saturated heterocycles. The lowest BCUT2D eigenvalue weighted by molar-refractivity contribution is -0.146. The van der Waals surface area contributed by atoms with Gasteiger partial charge in [-0.25, -0.2) is 0 Å². The highest BCUT2D eigenvalue weighted by atomic mass is 32.1. The molecule has 0 aromatic carbocycles. The first-order chi connectivity index (χ1) is 9.24. The van der Waals surface area contributed by atoms with Crippen LogP contribution in [-0.4, -0.2) is 35.5 Å². The van der Waals surface area contributed by atoms with Crippen LogP contribution in [0.1, 0.15) is 30.4 Å². The Hall–Kier alpha value is -1.89. The molecule has 1 heterocycles. The van der Waals surface area contributed by atoms with Crippen molar-refractivity contribution in [3.05, 3.63) is 22.4 Å². The first-order valence-electron chi connectivity index (χ1n) is 6.09. The van der Waals surface area contributed by atoms with Crippen molar-refractivity contribution in [2.75, 3.05) is 6.54 Å². The second-order valence-corrected chi connectivity index (χ2v) is 6.03. The molecular weight excluding hydrogens is 280 g/mol. The van der Waals surface area contributed by atoms with Gasteiger partial charge in [-0.05, 0) is 32.2 Å². The van der Waals surface area contributed by atoms with E-state index < -0.39 is 23.3 Å². The molecule has 6 nitrogen and oxygen atoms in total. The maximum atomic E-state index is 11.8. The summed E-state index contributed by atoms with van der Waals surface area (Å²) in [7, 11) is 0. The normalized spacial score (nSPS) is 12.6. The van der Waals surface area contributed by atoms with Gasteiger partial charge in [-0.3, -0.25) is 14.4 Å². The molecule has 0 saturated carbocycles. The Balaban J connectivity index is 2.48. The molecule has 0 aliphatic carbocycles. The second-order valence-electron chi connectivity index (χ2n) is 5.08. The van der Waals surface area contributed by atoms with Gasteiger partial charge >= 0.3 is 5.97 Å². The van der Waals surface area contributed by atoms with Gasteiger partial charge in [-0.15, -0.1) is 11.3 Å². The van der Waals surface area contributed by atoms with Gasteiger partial charge in [0.15, 0.2) is 0 Å². The first-order valence-corrected chi connectivity index (χ1v) is 6.97. The van der Waals surface area contributed by atoms with Gasteiger partial charge in [0.05, 0.1) is 10.3 Å². The standard InChI is InChI=1S/C13H18N2O4S/c1-8(15-11(17)9-5-4-6-20-9)10(16)14-7-13(2,3)12(18)19/h4-6,8H,7H2,1-3H3,(H,14,16)(H,15,17)(H,18,19). The summed E-state index contributed by atoms with van der Waals surface area (Å²) in [6.45, 7) is 4.59. The molecule has 1 aromatic heterocycles. The molecule has 2 amide bonds. The minimum Gasteiger partial charge on any atom is -0.481 e. The number of carboxylic acid groups (broad SMARTS) is 1. The lowest BCUT2D eigenvalue weighted by atomic mass is 9.94. The van der Waals surface area contributed by atoms with Crippen LogP contribution in [0.5, 0.6) is 0 Å². The summed E-state index contributed by atoms with van der Waals surface area (Å²) in [6, 6.07) is 2.69. The molecule has 1 atom stereocenters. The zero-order chi connectivity index (χ0) is 15.3. The first kappa shape index (κ1) is 16.2. The van der Waals surface area contributed by atoms with E-state index in [2.05, 4.69) is 10.6 Å². The summed E-state index contributed by atoms with van der Waals surface area (Å²) < 4.78 is 0. The predicted molar refractivity (Wildman–Crippen MR) is 75.7 cm³/mol. The highest BCUT2D eigenvalue weighted by Gasteiger charge is 2.28. The van der Waals surface area contributed by atoms with Gasteiger partial charge in [0.1, 0.15) is 6.04 Å². The van der Waals surface area contributed by atoms with Crippen LogP contribution >= 0.6 is 11.3 Å². The molecule has 20 heavy (non-hydrogen) atoms. The van der Waals surface area contributed by atoms with Crippen LogP contribution < -0.4 is 10.6 Å². The van der Waals surface area contributed by atoms with Gasteiger partial charge < -0.3 is 15.7 Å². The molecule has 0 spiro atoms. The van der Waals surface area contributed by atoms with E-state index in [1.54, 1.807) is 24.4 Å². The Kier molecular flexibility index (Phi) is 5.26. The molecule has 0 fully saturated rings. The van der Waals surface area contributed by atoms with Crippen molar-refractivity contribution in [3.63, 3.8) is 0 Å². The third kappa shape index (κ3) is 4.34.